The Kier molecular flexibility index (Phi) is 2.64. The molecule has 5 heteroatoms. The van der Waals surface area contributed by atoms with Crippen LogP contribution in [0.3, 0.4) is 0 Å². The summed E-state index contributed by atoms with van der Waals surface area (Å²) in [4.78, 5) is 0. The summed E-state index contributed by atoms with van der Waals surface area (Å²) in [5.41, 5.74) is 0. The molecule has 0 saturated heterocycles. The fraction of sp³-hybridized carbons (Fsp3) is 0.556. The Bertz CT molecular complexity index is 396. The number of rotatable bonds is 4. The second-order valence-electron chi connectivity index (χ2n) is 3.76. The molecule has 0 unspecified atom stereocenters. The molecule has 1 N–H and O–H groups in total. The van der Waals surface area contributed by atoms with Gasteiger partial charge < -0.3 is 0 Å². The van der Waals surface area contributed by atoms with Gasteiger partial charge in [0.15, 0.2) is 0 Å². The molecule has 1 saturated carbocycles. The molecule has 1 aliphatic carbocycles. The molecule has 0 bridgehead atoms. The van der Waals surface area contributed by atoms with Crippen molar-refractivity contribution in [1.82, 2.24) is 4.72 Å². The van der Waals surface area contributed by atoms with Gasteiger partial charge in [0.1, 0.15) is 4.21 Å². The Balaban J connectivity index is 1.96. The van der Waals surface area contributed by atoms with Crippen molar-refractivity contribution in [1.29, 1.82) is 0 Å². The van der Waals surface area contributed by atoms with E-state index in [4.69, 9.17) is 0 Å². The van der Waals surface area contributed by atoms with Crippen molar-refractivity contribution >= 4 is 21.4 Å². The second-order valence-corrected chi connectivity index (χ2v) is 6.70. The van der Waals surface area contributed by atoms with Gasteiger partial charge in [-0.25, -0.2) is 13.1 Å². The van der Waals surface area contributed by atoms with Gasteiger partial charge in [-0.1, -0.05) is 13.0 Å². The maximum atomic E-state index is 11.6. The number of sulfonamides is 1. The van der Waals surface area contributed by atoms with Crippen molar-refractivity contribution in [3.63, 3.8) is 0 Å². The van der Waals surface area contributed by atoms with Gasteiger partial charge in [-0.2, -0.15) is 0 Å². The molecule has 1 heterocycles. The molecule has 0 aliphatic heterocycles. The number of hydrogen-bond donors (Lipinski definition) is 1. The van der Waals surface area contributed by atoms with Crippen molar-refractivity contribution in [3.05, 3.63) is 17.5 Å². The monoisotopic (exact) mass is 231 g/mol. The van der Waals surface area contributed by atoms with E-state index >= 15 is 0 Å². The summed E-state index contributed by atoms with van der Waals surface area (Å²) in [5.74, 6) is 1.23. The third-order valence-corrected chi connectivity index (χ3v) is 5.39. The van der Waals surface area contributed by atoms with Gasteiger partial charge in [-0.3, -0.25) is 0 Å². The first-order valence-corrected chi connectivity index (χ1v) is 6.99. The van der Waals surface area contributed by atoms with Crippen molar-refractivity contribution < 1.29 is 8.42 Å². The van der Waals surface area contributed by atoms with Crippen LogP contribution in [0, 0.1) is 11.8 Å². The number of hydrogen-bond acceptors (Lipinski definition) is 3. The number of nitrogens with one attached hydrogen (secondary N) is 1. The second kappa shape index (κ2) is 3.64. The molecule has 3 nitrogen and oxygen atoms in total. The summed E-state index contributed by atoms with van der Waals surface area (Å²) in [6.45, 7) is 2.73. The van der Waals surface area contributed by atoms with Gasteiger partial charge in [0.2, 0.25) is 10.0 Å². The van der Waals surface area contributed by atoms with Gasteiger partial charge in [-0.05, 0) is 29.7 Å². The van der Waals surface area contributed by atoms with Gasteiger partial charge in [0, 0.05) is 6.54 Å². The maximum absolute atomic E-state index is 11.6. The molecular weight excluding hydrogens is 218 g/mol. The molecule has 0 aromatic carbocycles. The van der Waals surface area contributed by atoms with Crippen LogP contribution >= 0.6 is 11.3 Å². The molecule has 78 valence electrons. The Morgan fingerprint density at radius 3 is 2.86 bits per heavy atom. The Hall–Kier alpha value is -0.390. The fourth-order valence-corrected chi connectivity index (χ4v) is 3.52. The topological polar surface area (TPSA) is 46.2 Å². The molecule has 1 fully saturated rings. The summed E-state index contributed by atoms with van der Waals surface area (Å²) in [5, 5.41) is 1.77. The van der Waals surface area contributed by atoms with Crippen LogP contribution in [-0.2, 0) is 10.0 Å². The molecule has 2 rings (SSSR count). The fourth-order valence-electron chi connectivity index (χ4n) is 1.39. The van der Waals surface area contributed by atoms with Crippen LogP contribution in [-0.4, -0.2) is 15.0 Å². The minimum Gasteiger partial charge on any atom is -0.210 e. The molecule has 2 atom stereocenters. The van der Waals surface area contributed by atoms with Crippen LogP contribution in [0.1, 0.15) is 13.3 Å². The van der Waals surface area contributed by atoms with E-state index in [2.05, 4.69) is 11.6 Å². The highest BCUT2D eigenvalue weighted by Gasteiger charge is 2.33. The van der Waals surface area contributed by atoms with E-state index in [1.54, 1.807) is 17.5 Å². The highest BCUT2D eigenvalue weighted by Crippen LogP contribution is 2.37. The van der Waals surface area contributed by atoms with E-state index in [1.165, 1.54) is 11.3 Å². The zero-order valence-corrected chi connectivity index (χ0v) is 9.57. The van der Waals surface area contributed by atoms with Gasteiger partial charge >= 0.3 is 0 Å². The first kappa shape index (κ1) is 10.1. The molecule has 1 aromatic rings. The quantitative estimate of drug-likeness (QED) is 0.857. The highest BCUT2D eigenvalue weighted by molar-refractivity contribution is 7.91. The smallest absolute Gasteiger partial charge is 0.210 e. The van der Waals surface area contributed by atoms with Crippen molar-refractivity contribution in [2.75, 3.05) is 6.54 Å². The highest BCUT2D eigenvalue weighted by atomic mass is 32.2. The third-order valence-electron chi connectivity index (χ3n) is 2.57. The lowest BCUT2D eigenvalue weighted by Crippen LogP contribution is -2.25. The van der Waals surface area contributed by atoms with Crippen LogP contribution in [0.5, 0.6) is 0 Å². The molecule has 0 amide bonds. The van der Waals surface area contributed by atoms with Crippen LogP contribution in [0.25, 0.3) is 0 Å². The standard InChI is InChI=1S/C9H13NO2S2/c1-7-5-8(7)6-10-14(11,12)9-3-2-4-13-9/h2-4,7-8,10H,5-6H2,1H3/t7-,8-/m1/s1. The van der Waals surface area contributed by atoms with E-state index in [1.807, 2.05) is 0 Å². The predicted molar refractivity (Wildman–Crippen MR) is 56.8 cm³/mol. The average molecular weight is 231 g/mol. The normalized spacial score (nSPS) is 26.4. The summed E-state index contributed by atoms with van der Waals surface area (Å²) in [7, 11) is -3.23. The lowest BCUT2D eigenvalue weighted by atomic mass is 10.3. The minimum absolute atomic E-state index is 0.408. The molecule has 1 aliphatic rings. The van der Waals surface area contributed by atoms with Crippen LogP contribution in [0.15, 0.2) is 21.7 Å². The van der Waals surface area contributed by atoms with Crippen molar-refractivity contribution in [2.24, 2.45) is 11.8 Å². The zero-order valence-electron chi connectivity index (χ0n) is 7.93. The van der Waals surface area contributed by atoms with Crippen LogP contribution in [0.2, 0.25) is 0 Å². The molecule has 0 radical (unpaired) electrons. The van der Waals surface area contributed by atoms with Gasteiger partial charge in [0.25, 0.3) is 0 Å². The summed E-state index contributed by atoms with van der Waals surface area (Å²) in [6.07, 6.45) is 1.15. The van der Waals surface area contributed by atoms with E-state index in [0.717, 1.165) is 6.42 Å². The maximum Gasteiger partial charge on any atom is 0.250 e. The number of thiophene rings is 1. The lowest BCUT2D eigenvalue weighted by molar-refractivity contribution is 0.576. The van der Waals surface area contributed by atoms with E-state index in [9.17, 15) is 8.42 Å². The van der Waals surface area contributed by atoms with Gasteiger partial charge in [0.05, 0.1) is 0 Å². The Morgan fingerprint density at radius 2 is 2.36 bits per heavy atom. The van der Waals surface area contributed by atoms with Crippen LogP contribution < -0.4 is 4.72 Å². The molecule has 0 spiro atoms. The van der Waals surface area contributed by atoms with Crippen molar-refractivity contribution in [3.8, 4) is 0 Å². The molecule has 1 aromatic heterocycles. The predicted octanol–water partition coefficient (Wildman–Crippen LogP) is 1.68. The Morgan fingerprint density at radius 1 is 1.64 bits per heavy atom. The van der Waals surface area contributed by atoms with Gasteiger partial charge in [-0.15, -0.1) is 11.3 Å². The first-order chi connectivity index (χ1) is 6.59. The largest absolute Gasteiger partial charge is 0.250 e. The van der Waals surface area contributed by atoms with Crippen LogP contribution in [0.4, 0.5) is 0 Å². The average Bonchev–Trinajstić information content (AvgIpc) is 2.69. The summed E-state index contributed by atoms with van der Waals surface area (Å²) < 4.78 is 26.3. The van der Waals surface area contributed by atoms with E-state index < -0.39 is 10.0 Å². The minimum atomic E-state index is -3.23. The third kappa shape index (κ3) is 2.16. The first-order valence-electron chi connectivity index (χ1n) is 4.63. The van der Waals surface area contributed by atoms with E-state index in [-0.39, 0.29) is 0 Å². The summed E-state index contributed by atoms with van der Waals surface area (Å²) >= 11 is 1.25. The Labute approximate surface area is 88.2 Å². The SMILES string of the molecule is C[C@@H]1C[C@@H]1CNS(=O)(=O)c1cccs1. The summed E-state index contributed by atoms with van der Waals surface area (Å²) in [6, 6.07) is 3.38. The van der Waals surface area contributed by atoms with E-state index in [0.29, 0.717) is 22.6 Å². The molecular formula is C9H13NO2S2. The molecule has 14 heavy (non-hydrogen) atoms. The lowest BCUT2D eigenvalue weighted by Gasteiger charge is -2.02. The zero-order chi connectivity index (χ0) is 10.2. The van der Waals surface area contributed by atoms with Crippen molar-refractivity contribution in [2.45, 2.75) is 17.6 Å².